The van der Waals surface area contributed by atoms with Gasteiger partial charge in [-0.25, -0.2) is 9.97 Å². The van der Waals surface area contributed by atoms with Crippen molar-refractivity contribution in [2.75, 3.05) is 5.32 Å². The summed E-state index contributed by atoms with van der Waals surface area (Å²) < 4.78 is 5.69. The maximum absolute atomic E-state index is 11.5. The summed E-state index contributed by atoms with van der Waals surface area (Å²) in [5.74, 6) is -1.52. The number of aliphatic carboxylic acids is 1. The highest BCUT2D eigenvalue weighted by Gasteiger charge is 2.16. The van der Waals surface area contributed by atoms with E-state index < -0.39 is 18.3 Å². The number of aromatic amines is 1. The van der Waals surface area contributed by atoms with Gasteiger partial charge in [0, 0.05) is 11.9 Å². The molecule has 1 aromatic carbocycles. The van der Waals surface area contributed by atoms with Crippen LogP contribution in [0.1, 0.15) is 6.42 Å². The number of H-pyrrole nitrogens is 1. The zero-order valence-corrected chi connectivity index (χ0v) is 13.9. The van der Waals surface area contributed by atoms with Crippen molar-refractivity contribution in [1.82, 2.24) is 15.0 Å². The van der Waals surface area contributed by atoms with E-state index in [1.165, 1.54) is 18.5 Å². The van der Waals surface area contributed by atoms with Gasteiger partial charge in [0.2, 0.25) is 11.8 Å². The summed E-state index contributed by atoms with van der Waals surface area (Å²) in [5, 5.41) is 11.9. The SMILES string of the molecule is O=C(O)CC(=O)Nc1cc(Cl)c(Oc2ncnc3[nH]ccc23)c(Cl)c1. The second-order valence-electron chi connectivity index (χ2n) is 4.91. The number of fused-ring (bicyclic) bond motifs is 1. The van der Waals surface area contributed by atoms with E-state index in [1.54, 1.807) is 12.3 Å². The average molecular weight is 381 g/mol. The smallest absolute Gasteiger partial charge is 0.312 e. The van der Waals surface area contributed by atoms with E-state index in [4.69, 9.17) is 33.0 Å². The van der Waals surface area contributed by atoms with Crippen molar-refractivity contribution in [2.24, 2.45) is 0 Å². The highest BCUT2D eigenvalue weighted by molar-refractivity contribution is 6.37. The summed E-state index contributed by atoms with van der Waals surface area (Å²) in [4.78, 5) is 33.1. The van der Waals surface area contributed by atoms with Crippen molar-refractivity contribution >= 4 is 51.8 Å². The second kappa shape index (κ2) is 6.96. The van der Waals surface area contributed by atoms with Gasteiger partial charge in [-0.15, -0.1) is 0 Å². The molecule has 0 saturated carbocycles. The Balaban J connectivity index is 1.87. The van der Waals surface area contributed by atoms with Gasteiger partial charge in [-0.3, -0.25) is 9.59 Å². The van der Waals surface area contributed by atoms with E-state index in [0.29, 0.717) is 11.0 Å². The van der Waals surface area contributed by atoms with Gasteiger partial charge in [0.05, 0.1) is 15.4 Å². The Bertz CT molecular complexity index is 950. The van der Waals surface area contributed by atoms with Gasteiger partial charge < -0.3 is 20.1 Å². The van der Waals surface area contributed by atoms with Gasteiger partial charge in [0.25, 0.3) is 0 Å². The number of amides is 1. The van der Waals surface area contributed by atoms with E-state index in [0.717, 1.165) is 0 Å². The molecule has 0 atom stereocenters. The third-order valence-electron chi connectivity index (χ3n) is 3.11. The molecule has 0 aliphatic rings. The van der Waals surface area contributed by atoms with E-state index in [2.05, 4.69) is 20.3 Å². The van der Waals surface area contributed by atoms with Gasteiger partial charge >= 0.3 is 5.97 Å². The largest absolute Gasteiger partial charge is 0.481 e. The second-order valence-corrected chi connectivity index (χ2v) is 5.72. The maximum atomic E-state index is 11.5. The Morgan fingerprint density at radius 2 is 1.96 bits per heavy atom. The minimum absolute atomic E-state index is 0.125. The Kier molecular flexibility index (Phi) is 4.73. The number of carbonyl (C=O) groups excluding carboxylic acids is 1. The van der Waals surface area contributed by atoms with E-state index >= 15 is 0 Å². The first-order chi connectivity index (χ1) is 11.9. The number of nitrogens with one attached hydrogen (secondary N) is 2. The lowest BCUT2D eigenvalue weighted by molar-refractivity contribution is -0.139. The minimum Gasteiger partial charge on any atom is -0.481 e. The molecule has 128 valence electrons. The first-order valence-electron chi connectivity index (χ1n) is 6.90. The van der Waals surface area contributed by atoms with Crippen molar-refractivity contribution in [2.45, 2.75) is 6.42 Å². The average Bonchev–Trinajstić information content (AvgIpc) is 2.99. The molecular formula is C15H10Cl2N4O4. The Hall–Kier alpha value is -2.84. The number of hydrogen-bond donors (Lipinski definition) is 3. The third kappa shape index (κ3) is 3.81. The first-order valence-corrected chi connectivity index (χ1v) is 7.66. The van der Waals surface area contributed by atoms with E-state index in [1.807, 2.05) is 0 Å². The number of carboxylic acid groups (broad SMARTS) is 1. The quantitative estimate of drug-likeness (QED) is 0.583. The van der Waals surface area contributed by atoms with Crippen LogP contribution in [-0.4, -0.2) is 31.9 Å². The fourth-order valence-electron chi connectivity index (χ4n) is 2.10. The fourth-order valence-corrected chi connectivity index (χ4v) is 2.66. The fraction of sp³-hybridized carbons (Fsp3) is 0.0667. The molecular weight excluding hydrogens is 371 g/mol. The molecule has 8 nitrogen and oxygen atoms in total. The first kappa shape index (κ1) is 17.0. The molecule has 0 aliphatic heterocycles. The molecule has 25 heavy (non-hydrogen) atoms. The van der Waals surface area contributed by atoms with Gasteiger partial charge in [0.1, 0.15) is 18.4 Å². The summed E-state index contributed by atoms with van der Waals surface area (Å²) >= 11 is 12.3. The van der Waals surface area contributed by atoms with Crippen molar-refractivity contribution < 1.29 is 19.4 Å². The standard InChI is InChI=1S/C15H10Cl2N4O4/c16-9-3-7(21-11(22)5-12(23)24)4-10(17)13(9)25-15-8-1-2-18-14(8)19-6-20-15/h1-4,6H,5H2,(H,21,22)(H,23,24)(H,18,19,20). The molecule has 2 heterocycles. The van der Waals surface area contributed by atoms with Gasteiger partial charge in [0.15, 0.2) is 5.75 Å². The van der Waals surface area contributed by atoms with Gasteiger partial charge in [-0.1, -0.05) is 23.2 Å². The van der Waals surface area contributed by atoms with Crippen molar-refractivity contribution in [3.63, 3.8) is 0 Å². The number of rotatable bonds is 5. The topological polar surface area (TPSA) is 117 Å². The number of benzene rings is 1. The Morgan fingerprint density at radius 3 is 2.64 bits per heavy atom. The molecule has 0 aliphatic carbocycles. The molecule has 3 aromatic rings. The lowest BCUT2D eigenvalue weighted by Crippen LogP contribution is -2.15. The van der Waals surface area contributed by atoms with Gasteiger partial charge in [-0.2, -0.15) is 0 Å². The predicted molar refractivity (Wildman–Crippen MR) is 91.3 cm³/mol. The van der Waals surface area contributed by atoms with Crippen LogP contribution in [-0.2, 0) is 9.59 Å². The van der Waals surface area contributed by atoms with E-state index in [9.17, 15) is 9.59 Å². The number of hydrogen-bond acceptors (Lipinski definition) is 5. The predicted octanol–water partition coefficient (Wildman–Crippen LogP) is 3.47. The van der Waals surface area contributed by atoms with Crippen LogP contribution in [0.3, 0.4) is 0 Å². The number of anilines is 1. The summed E-state index contributed by atoms with van der Waals surface area (Å²) in [7, 11) is 0. The minimum atomic E-state index is -1.24. The Labute approximate surface area is 150 Å². The van der Waals surface area contributed by atoms with Crippen LogP contribution in [0, 0.1) is 0 Å². The molecule has 0 unspecified atom stereocenters. The van der Waals surface area contributed by atoms with Crippen molar-refractivity contribution in [1.29, 1.82) is 0 Å². The number of carbonyl (C=O) groups is 2. The molecule has 0 fully saturated rings. The number of ether oxygens (including phenoxy) is 1. The molecule has 3 N–H and O–H groups in total. The summed E-state index contributed by atoms with van der Waals surface area (Å²) in [6.45, 7) is 0. The van der Waals surface area contributed by atoms with Crippen LogP contribution >= 0.6 is 23.2 Å². The van der Waals surface area contributed by atoms with Crippen molar-refractivity contribution in [3.8, 4) is 11.6 Å². The van der Waals surface area contributed by atoms with Crippen molar-refractivity contribution in [3.05, 3.63) is 40.8 Å². The van der Waals surface area contributed by atoms with Crippen LogP contribution in [0.15, 0.2) is 30.7 Å². The number of aromatic nitrogens is 3. The molecule has 3 rings (SSSR count). The zero-order chi connectivity index (χ0) is 18.0. The summed E-state index contributed by atoms with van der Waals surface area (Å²) in [6, 6.07) is 4.54. The highest BCUT2D eigenvalue weighted by Crippen LogP contribution is 2.39. The highest BCUT2D eigenvalue weighted by atomic mass is 35.5. The lowest BCUT2D eigenvalue weighted by atomic mass is 10.2. The number of halogens is 2. The van der Waals surface area contributed by atoms with E-state index in [-0.39, 0.29) is 27.4 Å². The molecule has 0 saturated heterocycles. The number of carboxylic acids is 1. The lowest BCUT2D eigenvalue weighted by Gasteiger charge is -2.12. The monoisotopic (exact) mass is 380 g/mol. The maximum Gasteiger partial charge on any atom is 0.312 e. The molecule has 0 bridgehead atoms. The third-order valence-corrected chi connectivity index (χ3v) is 3.67. The van der Waals surface area contributed by atoms with Crippen LogP contribution in [0.5, 0.6) is 11.6 Å². The zero-order valence-electron chi connectivity index (χ0n) is 12.4. The summed E-state index contributed by atoms with van der Waals surface area (Å²) in [6.07, 6.45) is 2.35. The molecule has 0 radical (unpaired) electrons. The van der Waals surface area contributed by atoms with Crippen LogP contribution in [0.25, 0.3) is 11.0 Å². The number of nitrogens with zero attached hydrogens (tertiary/aromatic N) is 2. The molecule has 10 heteroatoms. The van der Waals surface area contributed by atoms with Crippen LogP contribution in [0.4, 0.5) is 5.69 Å². The molecule has 2 aromatic heterocycles. The Morgan fingerprint density at radius 1 is 1.24 bits per heavy atom. The normalized spacial score (nSPS) is 10.6. The van der Waals surface area contributed by atoms with Gasteiger partial charge in [-0.05, 0) is 18.2 Å². The van der Waals surface area contributed by atoms with Crippen LogP contribution < -0.4 is 10.1 Å². The van der Waals surface area contributed by atoms with Crippen LogP contribution in [0.2, 0.25) is 10.0 Å². The summed E-state index contributed by atoms with van der Waals surface area (Å²) in [5.41, 5.74) is 0.845. The molecule has 0 spiro atoms. The molecule has 1 amide bonds.